The number of hydrogen-bond acceptors (Lipinski definition) is 1. The summed E-state index contributed by atoms with van der Waals surface area (Å²) < 4.78 is 7.93. The van der Waals surface area contributed by atoms with Gasteiger partial charge in [-0.2, -0.15) is 0 Å². The molecule has 27 heavy (non-hydrogen) atoms. The van der Waals surface area contributed by atoms with Crippen LogP contribution in [0.25, 0.3) is 16.3 Å². The van der Waals surface area contributed by atoms with Crippen LogP contribution >= 0.6 is 24.8 Å². The van der Waals surface area contributed by atoms with E-state index in [9.17, 15) is 0 Å². The Morgan fingerprint density at radius 3 is 2.04 bits per heavy atom. The summed E-state index contributed by atoms with van der Waals surface area (Å²) in [6.45, 7) is 13.8. The van der Waals surface area contributed by atoms with Crippen molar-refractivity contribution in [2.75, 3.05) is 7.11 Å². The first-order valence-corrected chi connectivity index (χ1v) is 11.3. The molecule has 1 aliphatic rings. The summed E-state index contributed by atoms with van der Waals surface area (Å²) in [5.74, 6) is 0. The van der Waals surface area contributed by atoms with Crippen LogP contribution in [-0.2, 0) is 21.6 Å². The summed E-state index contributed by atoms with van der Waals surface area (Å²) in [4.78, 5) is 0. The van der Waals surface area contributed by atoms with Gasteiger partial charge in [0.05, 0.1) is 0 Å². The summed E-state index contributed by atoms with van der Waals surface area (Å²) in [6.07, 6.45) is 1.07. The Balaban J connectivity index is 0.00000182. The second-order valence-electron chi connectivity index (χ2n) is 8.18. The van der Waals surface area contributed by atoms with E-state index in [0.717, 1.165) is 6.42 Å². The second-order valence-corrected chi connectivity index (χ2v) is 13.0. The summed E-state index contributed by atoms with van der Waals surface area (Å²) in [7, 11) is 1.91. The predicted molar refractivity (Wildman–Crippen MR) is 120 cm³/mol. The van der Waals surface area contributed by atoms with Gasteiger partial charge in [0.15, 0.2) is 0 Å². The van der Waals surface area contributed by atoms with E-state index in [4.69, 9.17) is 3.32 Å². The molecule has 4 heteroatoms. The third-order valence-electron chi connectivity index (χ3n) is 5.46. The molecule has 147 valence electrons. The number of benzene rings is 2. The Labute approximate surface area is 183 Å². The van der Waals surface area contributed by atoms with Crippen molar-refractivity contribution in [2.45, 2.75) is 51.7 Å². The molecule has 0 radical (unpaired) electrons. The van der Waals surface area contributed by atoms with Crippen molar-refractivity contribution in [3.63, 3.8) is 0 Å². The molecule has 0 heterocycles. The molecule has 0 aromatic heterocycles. The molecule has 0 unspecified atom stereocenters. The van der Waals surface area contributed by atoms with Crippen LogP contribution in [0.4, 0.5) is 0 Å². The van der Waals surface area contributed by atoms with Gasteiger partial charge in [-0.1, -0.05) is 0 Å². The van der Waals surface area contributed by atoms with Gasteiger partial charge >= 0.3 is 159 Å². The number of hydrogen-bond donors (Lipinski definition) is 0. The predicted octanol–water partition coefficient (Wildman–Crippen LogP) is 7.22. The Kier molecular flexibility index (Phi) is 8.42. The number of rotatable bonds is 3. The Bertz CT molecular complexity index is 891. The van der Waals surface area contributed by atoms with Gasteiger partial charge in [-0.05, 0) is 0 Å². The van der Waals surface area contributed by atoms with Gasteiger partial charge in [0.1, 0.15) is 0 Å². The van der Waals surface area contributed by atoms with Crippen LogP contribution in [-0.4, -0.2) is 7.11 Å². The Hall–Kier alpha value is -0.566. The van der Waals surface area contributed by atoms with Crippen molar-refractivity contribution in [3.8, 4) is 0 Å². The zero-order valence-electron chi connectivity index (χ0n) is 17.4. The topological polar surface area (TPSA) is 9.23 Å². The number of halogens is 2. The van der Waals surface area contributed by atoms with E-state index in [1.165, 1.54) is 42.5 Å². The van der Waals surface area contributed by atoms with Gasteiger partial charge in [0.2, 0.25) is 0 Å². The zero-order chi connectivity index (χ0) is 18.4. The molecule has 2 aromatic rings. The van der Waals surface area contributed by atoms with Crippen LogP contribution in [0.2, 0.25) is 3.72 Å². The van der Waals surface area contributed by atoms with E-state index >= 15 is 0 Å². The normalized spacial score (nSPS) is 14.3. The van der Waals surface area contributed by atoms with E-state index in [-0.39, 0.29) is 28.5 Å². The molecule has 1 aliphatic carbocycles. The van der Waals surface area contributed by atoms with E-state index in [1.54, 1.807) is 0 Å². The first-order valence-electron chi connectivity index (χ1n) is 9.06. The molecule has 3 rings (SSSR count). The van der Waals surface area contributed by atoms with Crippen molar-refractivity contribution < 1.29 is 21.6 Å². The summed E-state index contributed by atoms with van der Waals surface area (Å²) in [6, 6.07) is 13.4. The molecule has 0 saturated carbocycles. The molecule has 1 nitrogen and oxygen atoms in total. The van der Waals surface area contributed by atoms with E-state index in [1.807, 2.05) is 7.11 Å². The largest absolute Gasteiger partial charge is 0.147 e. The average molecular weight is 442 g/mol. The van der Waals surface area contributed by atoms with Gasteiger partial charge in [-0.15, -0.1) is 24.8 Å². The fourth-order valence-electron chi connectivity index (χ4n) is 3.92. The molecule has 0 atom stereocenters. The molecule has 0 saturated heterocycles. The van der Waals surface area contributed by atoms with Crippen molar-refractivity contribution in [1.82, 2.24) is 0 Å². The summed E-state index contributed by atoms with van der Waals surface area (Å²) in [5.41, 5.74) is 7.35. The van der Waals surface area contributed by atoms with E-state index < -0.39 is 18.3 Å². The minimum absolute atomic E-state index is 0. The third kappa shape index (κ3) is 4.55. The maximum Gasteiger partial charge on any atom is -0.147 e. The maximum atomic E-state index is 6.23. The third-order valence-corrected chi connectivity index (χ3v) is 9.78. The van der Waals surface area contributed by atoms with Crippen LogP contribution in [0.1, 0.15) is 53.5 Å². The summed E-state index contributed by atoms with van der Waals surface area (Å²) >= 11 is -1.96. The molecular formula is C23H31Cl2OTi. The smallest absolute Gasteiger partial charge is 0.147 e. The Morgan fingerprint density at radius 2 is 1.52 bits per heavy atom. The van der Waals surface area contributed by atoms with Gasteiger partial charge in [-0.3, -0.25) is 0 Å². The molecule has 0 fully saturated rings. The fraction of sp³-hybridized carbons (Fsp3) is 0.391. The van der Waals surface area contributed by atoms with Crippen molar-refractivity contribution in [3.05, 3.63) is 58.7 Å². The van der Waals surface area contributed by atoms with Crippen LogP contribution in [0, 0.1) is 0 Å². The molecule has 0 amide bonds. The quantitative estimate of drug-likeness (QED) is 0.456. The number of allylic oxidation sites excluding steroid dienone is 4. The van der Waals surface area contributed by atoms with Crippen LogP contribution in [0.3, 0.4) is 0 Å². The molecule has 0 N–H and O–H groups in total. The summed E-state index contributed by atoms with van der Waals surface area (Å²) in [5, 5.41) is 2.71. The fourth-order valence-corrected chi connectivity index (χ4v) is 7.86. The second kappa shape index (κ2) is 9.29. The van der Waals surface area contributed by atoms with Crippen molar-refractivity contribution >= 4 is 45.0 Å². The van der Waals surface area contributed by atoms with E-state index in [2.05, 4.69) is 77.9 Å². The zero-order valence-corrected chi connectivity index (χ0v) is 20.6. The van der Waals surface area contributed by atoms with Gasteiger partial charge in [0.25, 0.3) is 0 Å². The number of fused-ring (bicyclic) bond motifs is 1. The standard InChI is InChI=1S/C18H17.C4H9.CH3O.2ClH.Ti/c1-12-10-18(14(3)13(12)2)17-9-8-15-6-4-5-7-16(15)11-17;1-4(2)3;1-2;;;/h4-9H,10H2,1-3H3;1-3H3;1H3;2*1H;/q;;-1;;;+1. The maximum absolute atomic E-state index is 6.23. The SMILES string of the molecule is C[O][Ti]([c]1c(C2=C(C)C(C)=C(C)C2)ccc2ccccc12)[C](C)(C)C.Cl.Cl. The Morgan fingerprint density at radius 1 is 0.889 bits per heavy atom. The van der Waals surface area contributed by atoms with Gasteiger partial charge in [0, 0.05) is 0 Å². The van der Waals surface area contributed by atoms with Crippen LogP contribution in [0.15, 0.2) is 53.1 Å². The van der Waals surface area contributed by atoms with Gasteiger partial charge in [-0.25, -0.2) is 0 Å². The van der Waals surface area contributed by atoms with Crippen molar-refractivity contribution in [1.29, 1.82) is 0 Å². The average Bonchev–Trinajstić information content (AvgIpc) is 2.82. The van der Waals surface area contributed by atoms with E-state index in [0.29, 0.717) is 0 Å². The minimum atomic E-state index is -1.96. The molecule has 0 spiro atoms. The minimum Gasteiger partial charge on any atom is -0.147 e. The van der Waals surface area contributed by atoms with Crippen LogP contribution < -0.4 is 3.87 Å². The molecule has 2 aromatic carbocycles. The monoisotopic (exact) mass is 441 g/mol. The molecule has 0 aliphatic heterocycles. The molecule has 0 bridgehead atoms. The molecular weight excluding hydrogens is 411 g/mol. The van der Waals surface area contributed by atoms with Crippen molar-refractivity contribution in [2.24, 2.45) is 0 Å². The van der Waals surface area contributed by atoms with Crippen LogP contribution in [0.5, 0.6) is 0 Å². The first kappa shape index (κ1) is 24.5. The first-order chi connectivity index (χ1) is 11.8. The van der Waals surface area contributed by atoms with Gasteiger partial charge < -0.3 is 0 Å².